The van der Waals surface area contributed by atoms with Crippen LogP contribution in [0.5, 0.6) is 0 Å². The normalized spacial score (nSPS) is 20.1. The van der Waals surface area contributed by atoms with Gasteiger partial charge in [0, 0.05) is 24.4 Å². The maximum absolute atomic E-state index is 13.1. The predicted octanol–water partition coefficient (Wildman–Crippen LogP) is 5.24. The number of oxazole rings is 1. The van der Waals surface area contributed by atoms with E-state index in [2.05, 4.69) is 18.8 Å². The number of likely N-dealkylation sites (tertiary alicyclic amines) is 1. The van der Waals surface area contributed by atoms with Crippen molar-refractivity contribution >= 4 is 28.8 Å². The van der Waals surface area contributed by atoms with E-state index < -0.39 is 0 Å². The fourth-order valence-corrected chi connectivity index (χ4v) is 4.75. The summed E-state index contributed by atoms with van der Waals surface area (Å²) in [6, 6.07) is 15.7. The first-order chi connectivity index (χ1) is 13.1. The van der Waals surface area contributed by atoms with Gasteiger partial charge in [-0.15, -0.1) is 0 Å². The third-order valence-corrected chi connectivity index (χ3v) is 5.91. The van der Waals surface area contributed by atoms with E-state index in [1.54, 1.807) is 0 Å². The fraction of sp³-hybridized carbons (Fsp3) is 0.364. The predicted molar refractivity (Wildman–Crippen MR) is 109 cm³/mol. The molecule has 1 fully saturated rings. The van der Waals surface area contributed by atoms with Gasteiger partial charge in [0.05, 0.1) is 0 Å². The Hall–Kier alpha value is -2.27. The molecule has 2 aromatic carbocycles. The molecule has 0 spiro atoms. The van der Waals surface area contributed by atoms with Crippen LogP contribution in [-0.2, 0) is 5.75 Å². The van der Waals surface area contributed by atoms with Gasteiger partial charge in [-0.1, -0.05) is 55.9 Å². The van der Waals surface area contributed by atoms with Crippen LogP contribution in [-0.4, -0.2) is 28.9 Å². The van der Waals surface area contributed by atoms with Crippen molar-refractivity contribution in [3.8, 4) is 0 Å². The van der Waals surface area contributed by atoms with Gasteiger partial charge < -0.3 is 9.32 Å². The minimum Gasteiger partial charge on any atom is -0.431 e. The van der Waals surface area contributed by atoms with E-state index in [4.69, 9.17) is 4.42 Å². The number of aromatic nitrogens is 1. The smallest absolute Gasteiger partial charge is 0.257 e. The Morgan fingerprint density at radius 3 is 2.59 bits per heavy atom. The molecule has 140 valence electrons. The number of benzene rings is 2. The summed E-state index contributed by atoms with van der Waals surface area (Å²) in [5, 5.41) is 0.638. The Kier molecular flexibility index (Phi) is 5.21. The summed E-state index contributed by atoms with van der Waals surface area (Å²) in [4.78, 5) is 19.7. The van der Waals surface area contributed by atoms with Gasteiger partial charge in [-0.2, -0.15) is 0 Å². The highest BCUT2D eigenvalue weighted by Crippen LogP contribution is 2.29. The lowest BCUT2D eigenvalue weighted by Crippen LogP contribution is -2.42. The van der Waals surface area contributed by atoms with Crippen LogP contribution in [0.25, 0.3) is 11.1 Å². The van der Waals surface area contributed by atoms with E-state index in [9.17, 15) is 4.79 Å². The Morgan fingerprint density at radius 1 is 1.11 bits per heavy atom. The zero-order chi connectivity index (χ0) is 18.8. The lowest BCUT2D eigenvalue weighted by molar-refractivity contribution is 0.0622. The first kappa shape index (κ1) is 18.1. The summed E-state index contributed by atoms with van der Waals surface area (Å²) in [5.41, 5.74) is 3.48. The van der Waals surface area contributed by atoms with Crippen molar-refractivity contribution < 1.29 is 9.21 Å². The van der Waals surface area contributed by atoms with E-state index in [1.165, 1.54) is 18.2 Å². The maximum Gasteiger partial charge on any atom is 0.257 e. The van der Waals surface area contributed by atoms with Crippen LogP contribution in [0.15, 0.2) is 58.2 Å². The van der Waals surface area contributed by atoms with Crippen molar-refractivity contribution in [3.05, 3.63) is 59.7 Å². The molecular formula is C22H24N2O2S. The summed E-state index contributed by atoms with van der Waals surface area (Å²) in [7, 11) is 0. The summed E-state index contributed by atoms with van der Waals surface area (Å²) in [6.07, 6.45) is 1.19. The second-order valence-corrected chi connectivity index (χ2v) is 8.48. The SMILES string of the molecule is C[C@@H]1C[C@@H](C)CN(C(=O)c2ccccc2CSc2nc3ccccc3o2)C1. The molecule has 1 amide bonds. The summed E-state index contributed by atoms with van der Waals surface area (Å²) in [6.45, 7) is 6.14. The van der Waals surface area contributed by atoms with Gasteiger partial charge in [-0.3, -0.25) is 4.79 Å². The first-order valence-electron chi connectivity index (χ1n) is 9.45. The van der Waals surface area contributed by atoms with Crippen LogP contribution in [0.2, 0.25) is 0 Å². The summed E-state index contributed by atoms with van der Waals surface area (Å²) < 4.78 is 5.79. The Bertz CT molecular complexity index is 909. The molecule has 2 atom stereocenters. The van der Waals surface area contributed by atoms with Crippen LogP contribution in [0, 0.1) is 11.8 Å². The highest BCUT2D eigenvalue weighted by atomic mass is 32.2. The molecule has 1 aliphatic heterocycles. The first-order valence-corrected chi connectivity index (χ1v) is 10.4. The molecule has 1 aromatic heterocycles. The lowest BCUT2D eigenvalue weighted by atomic mass is 9.91. The molecule has 4 rings (SSSR count). The number of carbonyl (C=O) groups excluding carboxylic acids is 1. The molecule has 0 bridgehead atoms. The zero-order valence-electron chi connectivity index (χ0n) is 15.7. The molecule has 0 radical (unpaired) electrons. The molecule has 27 heavy (non-hydrogen) atoms. The minimum atomic E-state index is 0.141. The third-order valence-electron chi connectivity index (χ3n) is 5.03. The number of thioether (sulfide) groups is 1. The molecule has 0 N–H and O–H groups in total. The Morgan fingerprint density at radius 2 is 1.81 bits per heavy atom. The highest BCUT2D eigenvalue weighted by Gasteiger charge is 2.27. The average Bonchev–Trinajstić information content (AvgIpc) is 3.08. The van der Waals surface area contributed by atoms with E-state index in [-0.39, 0.29) is 5.91 Å². The van der Waals surface area contributed by atoms with E-state index in [1.807, 2.05) is 53.4 Å². The fourth-order valence-electron chi connectivity index (χ4n) is 3.91. The van der Waals surface area contributed by atoms with Gasteiger partial charge in [-0.05, 0) is 42.0 Å². The zero-order valence-corrected chi connectivity index (χ0v) is 16.5. The highest BCUT2D eigenvalue weighted by molar-refractivity contribution is 7.98. The third kappa shape index (κ3) is 4.03. The van der Waals surface area contributed by atoms with Crippen molar-refractivity contribution in [2.75, 3.05) is 13.1 Å². The number of amides is 1. The van der Waals surface area contributed by atoms with E-state index >= 15 is 0 Å². The number of hydrogen-bond acceptors (Lipinski definition) is 4. The molecule has 5 heteroatoms. The van der Waals surface area contributed by atoms with Crippen molar-refractivity contribution in [2.24, 2.45) is 11.8 Å². The molecule has 2 heterocycles. The van der Waals surface area contributed by atoms with Crippen molar-refractivity contribution in [1.82, 2.24) is 9.88 Å². The number of nitrogens with zero attached hydrogens (tertiary/aromatic N) is 2. The van der Waals surface area contributed by atoms with Gasteiger partial charge in [-0.25, -0.2) is 4.98 Å². The van der Waals surface area contributed by atoms with E-state index in [0.29, 0.717) is 22.8 Å². The molecule has 4 nitrogen and oxygen atoms in total. The minimum absolute atomic E-state index is 0.141. The number of para-hydroxylation sites is 2. The van der Waals surface area contributed by atoms with Crippen LogP contribution < -0.4 is 0 Å². The molecule has 0 unspecified atom stereocenters. The molecule has 1 saturated heterocycles. The summed E-state index contributed by atoms with van der Waals surface area (Å²) >= 11 is 1.53. The Balaban J connectivity index is 1.51. The number of rotatable bonds is 4. The van der Waals surface area contributed by atoms with Crippen LogP contribution in [0.1, 0.15) is 36.2 Å². The van der Waals surface area contributed by atoms with Crippen molar-refractivity contribution in [2.45, 2.75) is 31.2 Å². The number of piperidine rings is 1. The van der Waals surface area contributed by atoms with Gasteiger partial charge in [0.25, 0.3) is 11.1 Å². The average molecular weight is 381 g/mol. The van der Waals surface area contributed by atoms with Gasteiger partial charge in [0.15, 0.2) is 5.58 Å². The van der Waals surface area contributed by atoms with Crippen LogP contribution in [0.3, 0.4) is 0 Å². The van der Waals surface area contributed by atoms with Crippen molar-refractivity contribution in [1.29, 1.82) is 0 Å². The molecular weight excluding hydrogens is 356 g/mol. The number of hydrogen-bond donors (Lipinski definition) is 0. The van der Waals surface area contributed by atoms with E-state index in [0.717, 1.165) is 35.3 Å². The maximum atomic E-state index is 13.1. The standard InChI is InChI=1S/C22H24N2O2S/c1-15-11-16(2)13-24(12-15)21(25)18-8-4-3-7-17(18)14-27-22-23-19-9-5-6-10-20(19)26-22/h3-10,15-16H,11-14H2,1-2H3/t15-,16-/m1/s1. The Labute approximate surface area is 164 Å². The van der Waals surface area contributed by atoms with Crippen molar-refractivity contribution in [3.63, 3.8) is 0 Å². The molecule has 3 aromatic rings. The summed E-state index contributed by atoms with van der Waals surface area (Å²) in [5.74, 6) is 1.91. The quantitative estimate of drug-likeness (QED) is 0.581. The lowest BCUT2D eigenvalue weighted by Gasteiger charge is -2.35. The molecule has 0 aliphatic carbocycles. The topological polar surface area (TPSA) is 46.3 Å². The van der Waals surface area contributed by atoms with Gasteiger partial charge >= 0.3 is 0 Å². The monoisotopic (exact) mass is 380 g/mol. The largest absolute Gasteiger partial charge is 0.431 e. The molecule has 0 saturated carbocycles. The molecule has 1 aliphatic rings. The second kappa shape index (κ2) is 7.77. The van der Waals surface area contributed by atoms with Gasteiger partial charge in [0.2, 0.25) is 0 Å². The van der Waals surface area contributed by atoms with Crippen LogP contribution in [0.4, 0.5) is 0 Å². The van der Waals surface area contributed by atoms with Gasteiger partial charge in [0.1, 0.15) is 5.52 Å². The number of carbonyl (C=O) groups is 1. The number of fused-ring (bicyclic) bond motifs is 1. The van der Waals surface area contributed by atoms with Crippen LogP contribution >= 0.6 is 11.8 Å². The second-order valence-electron chi connectivity index (χ2n) is 7.55.